The summed E-state index contributed by atoms with van der Waals surface area (Å²) in [6.45, 7) is 0. The Balaban J connectivity index is 1.75. The second-order valence-corrected chi connectivity index (χ2v) is 7.18. The van der Waals surface area contributed by atoms with Crippen molar-refractivity contribution in [1.29, 1.82) is 0 Å². The number of nitrogens with one attached hydrogen (secondary N) is 2. The summed E-state index contributed by atoms with van der Waals surface area (Å²) in [6, 6.07) is 40.6. The summed E-state index contributed by atoms with van der Waals surface area (Å²) in [5, 5.41) is 7.79. The zero-order valence-corrected chi connectivity index (χ0v) is 15.5. The number of anilines is 1. The van der Waals surface area contributed by atoms with Gasteiger partial charge in [0.1, 0.15) is 5.66 Å². The number of para-hydroxylation sites is 1. The van der Waals surface area contributed by atoms with Crippen molar-refractivity contribution in [3.63, 3.8) is 0 Å². The second-order valence-electron chi connectivity index (χ2n) is 7.18. The minimum atomic E-state index is -0.516. The van der Waals surface area contributed by atoms with E-state index in [-0.39, 0.29) is 6.04 Å². The molecule has 0 radical (unpaired) electrons. The monoisotopic (exact) mass is 362 g/mol. The summed E-state index contributed by atoms with van der Waals surface area (Å²) in [5.74, 6) is 0. The van der Waals surface area contributed by atoms with Crippen LogP contribution in [-0.4, -0.2) is 0 Å². The van der Waals surface area contributed by atoms with Crippen LogP contribution in [0.4, 0.5) is 5.69 Å². The SMILES string of the molecule is c1ccc(C2NC(c3ccccc3)(c3ccccc3)Nc3ccccc32)cc1. The van der Waals surface area contributed by atoms with E-state index >= 15 is 0 Å². The van der Waals surface area contributed by atoms with Crippen molar-refractivity contribution < 1.29 is 0 Å². The molecule has 2 heteroatoms. The predicted molar refractivity (Wildman–Crippen MR) is 115 cm³/mol. The molecule has 0 fully saturated rings. The van der Waals surface area contributed by atoms with Crippen molar-refractivity contribution in [2.75, 3.05) is 5.32 Å². The molecule has 1 atom stereocenters. The lowest BCUT2D eigenvalue weighted by molar-refractivity contribution is 0.396. The molecule has 136 valence electrons. The zero-order chi connectivity index (χ0) is 18.8. The van der Waals surface area contributed by atoms with Crippen LogP contribution in [0.25, 0.3) is 0 Å². The molecule has 1 unspecified atom stereocenters. The molecule has 0 amide bonds. The van der Waals surface area contributed by atoms with Gasteiger partial charge in [-0.15, -0.1) is 0 Å². The molecule has 1 aliphatic heterocycles. The van der Waals surface area contributed by atoms with Gasteiger partial charge >= 0.3 is 0 Å². The fourth-order valence-corrected chi connectivity index (χ4v) is 4.16. The molecule has 0 spiro atoms. The van der Waals surface area contributed by atoms with Crippen LogP contribution in [0.2, 0.25) is 0 Å². The van der Waals surface area contributed by atoms with Gasteiger partial charge in [0.15, 0.2) is 0 Å². The van der Waals surface area contributed by atoms with Crippen LogP contribution in [0.5, 0.6) is 0 Å². The highest BCUT2D eigenvalue weighted by molar-refractivity contribution is 5.63. The Hall–Kier alpha value is -3.36. The molecule has 4 aromatic carbocycles. The molecule has 28 heavy (non-hydrogen) atoms. The van der Waals surface area contributed by atoms with Crippen molar-refractivity contribution in [3.8, 4) is 0 Å². The molecule has 0 aromatic heterocycles. The summed E-state index contributed by atoms with van der Waals surface area (Å²) in [4.78, 5) is 0. The van der Waals surface area contributed by atoms with Crippen molar-refractivity contribution in [2.24, 2.45) is 0 Å². The lowest BCUT2D eigenvalue weighted by Crippen LogP contribution is -2.54. The molecule has 0 saturated carbocycles. The van der Waals surface area contributed by atoms with Gasteiger partial charge in [-0.05, 0) is 28.3 Å². The number of rotatable bonds is 3. The van der Waals surface area contributed by atoms with E-state index in [0.717, 1.165) is 5.69 Å². The number of fused-ring (bicyclic) bond motifs is 1. The maximum Gasteiger partial charge on any atom is 0.142 e. The van der Waals surface area contributed by atoms with Gasteiger partial charge in [-0.25, -0.2) is 0 Å². The smallest absolute Gasteiger partial charge is 0.142 e. The van der Waals surface area contributed by atoms with E-state index in [4.69, 9.17) is 0 Å². The minimum absolute atomic E-state index is 0.0825. The highest BCUT2D eigenvalue weighted by Gasteiger charge is 2.41. The van der Waals surface area contributed by atoms with Gasteiger partial charge in [0, 0.05) is 5.69 Å². The van der Waals surface area contributed by atoms with Gasteiger partial charge in [-0.3, -0.25) is 5.32 Å². The molecule has 5 rings (SSSR count). The standard InChI is InChI=1S/C26H22N2/c1-4-12-20(13-5-1)25-23-18-10-11-19-24(23)27-26(28-25,21-14-6-2-7-15-21)22-16-8-3-9-17-22/h1-19,25,27-28H. The average Bonchev–Trinajstić information content (AvgIpc) is 2.80. The molecule has 2 N–H and O–H groups in total. The molecule has 1 aliphatic rings. The first kappa shape index (κ1) is 16.8. The largest absolute Gasteiger partial charge is 0.359 e. The van der Waals surface area contributed by atoms with E-state index in [1.165, 1.54) is 22.3 Å². The lowest BCUT2D eigenvalue weighted by atomic mass is 9.84. The van der Waals surface area contributed by atoms with Crippen LogP contribution in [0.3, 0.4) is 0 Å². The average molecular weight is 362 g/mol. The molecule has 1 heterocycles. The quantitative estimate of drug-likeness (QED) is 0.489. The van der Waals surface area contributed by atoms with Gasteiger partial charge < -0.3 is 5.32 Å². The van der Waals surface area contributed by atoms with Crippen LogP contribution in [0.15, 0.2) is 115 Å². The summed E-state index contributed by atoms with van der Waals surface area (Å²) in [6.07, 6.45) is 0. The van der Waals surface area contributed by atoms with Crippen LogP contribution in [-0.2, 0) is 5.66 Å². The van der Waals surface area contributed by atoms with Crippen LogP contribution in [0.1, 0.15) is 28.3 Å². The Morgan fingerprint density at radius 2 is 1.04 bits per heavy atom. The summed E-state index contributed by atoms with van der Waals surface area (Å²) in [7, 11) is 0. The maximum absolute atomic E-state index is 3.96. The summed E-state index contributed by atoms with van der Waals surface area (Å²) < 4.78 is 0. The second kappa shape index (κ2) is 6.99. The Morgan fingerprint density at radius 3 is 1.64 bits per heavy atom. The third kappa shape index (κ3) is 2.79. The normalized spacial score (nSPS) is 17.4. The first-order valence-corrected chi connectivity index (χ1v) is 9.68. The van der Waals surface area contributed by atoms with E-state index in [9.17, 15) is 0 Å². The van der Waals surface area contributed by atoms with E-state index in [2.05, 4.69) is 126 Å². The first-order chi connectivity index (χ1) is 13.9. The summed E-state index contributed by atoms with van der Waals surface area (Å²) >= 11 is 0. The summed E-state index contributed by atoms with van der Waals surface area (Å²) in [5.41, 5.74) is 5.54. The minimum Gasteiger partial charge on any atom is -0.359 e. The van der Waals surface area contributed by atoms with E-state index < -0.39 is 5.66 Å². The molecular formula is C26H22N2. The van der Waals surface area contributed by atoms with Crippen LogP contribution < -0.4 is 10.6 Å². The van der Waals surface area contributed by atoms with Crippen molar-refractivity contribution in [1.82, 2.24) is 5.32 Å². The highest BCUT2D eigenvalue weighted by Crippen LogP contribution is 2.42. The van der Waals surface area contributed by atoms with Gasteiger partial charge in [0.05, 0.1) is 6.04 Å². The highest BCUT2D eigenvalue weighted by atomic mass is 15.2. The third-order valence-corrected chi connectivity index (χ3v) is 5.50. The Bertz CT molecular complexity index is 1020. The molecular weight excluding hydrogens is 340 g/mol. The first-order valence-electron chi connectivity index (χ1n) is 9.68. The van der Waals surface area contributed by atoms with Crippen LogP contribution in [0, 0.1) is 0 Å². The number of benzene rings is 4. The van der Waals surface area contributed by atoms with Gasteiger partial charge in [0.2, 0.25) is 0 Å². The fraction of sp³-hybridized carbons (Fsp3) is 0.0769. The Labute approximate surface area is 165 Å². The van der Waals surface area contributed by atoms with E-state index in [0.29, 0.717) is 0 Å². The Kier molecular flexibility index (Phi) is 4.19. The molecule has 4 aromatic rings. The molecule has 0 aliphatic carbocycles. The predicted octanol–water partition coefficient (Wildman–Crippen LogP) is 5.69. The molecule has 2 nitrogen and oxygen atoms in total. The van der Waals surface area contributed by atoms with E-state index in [1.807, 2.05) is 0 Å². The lowest BCUT2D eigenvalue weighted by Gasteiger charge is -2.45. The van der Waals surface area contributed by atoms with Crippen molar-refractivity contribution >= 4 is 5.69 Å². The van der Waals surface area contributed by atoms with Gasteiger partial charge in [0.25, 0.3) is 0 Å². The maximum atomic E-state index is 3.96. The van der Waals surface area contributed by atoms with Gasteiger partial charge in [-0.1, -0.05) is 109 Å². The topological polar surface area (TPSA) is 24.1 Å². The molecule has 0 saturated heterocycles. The number of hydrogen-bond donors (Lipinski definition) is 2. The molecule has 0 bridgehead atoms. The van der Waals surface area contributed by atoms with Gasteiger partial charge in [-0.2, -0.15) is 0 Å². The van der Waals surface area contributed by atoms with Crippen molar-refractivity contribution in [2.45, 2.75) is 11.7 Å². The fourth-order valence-electron chi connectivity index (χ4n) is 4.16. The van der Waals surface area contributed by atoms with E-state index in [1.54, 1.807) is 0 Å². The zero-order valence-electron chi connectivity index (χ0n) is 15.5. The number of hydrogen-bond acceptors (Lipinski definition) is 2. The van der Waals surface area contributed by atoms with Crippen LogP contribution >= 0.6 is 0 Å². The Morgan fingerprint density at radius 1 is 0.536 bits per heavy atom. The third-order valence-electron chi connectivity index (χ3n) is 5.50. The van der Waals surface area contributed by atoms with Crippen molar-refractivity contribution in [3.05, 3.63) is 138 Å².